The van der Waals surface area contributed by atoms with Crippen LogP contribution < -0.4 is 19.7 Å². The first-order valence-corrected chi connectivity index (χ1v) is 12.9. The minimum absolute atomic E-state index is 0.0228. The second-order valence-corrected chi connectivity index (χ2v) is 9.33. The first-order chi connectivity index (χ1) is 17.4. The van der Waals surface area contributed by atoms with E-state index >= 15 is 0 Å². The number of methoxy groups -OCH3 is 1. The van der Waals surface area contributed by atoms with E-state index in [0.717, 1.165) is 27.9 Å². The maximum atomic E-state index is 12.8. The van der Waals surface area contributed by atoms with Crippen molar-refractivity contribution >= 4 is 57.5 Å². The lowest BCUT2D eigenvalue weighted by Crippen LogP contribution is -2.21. The van der Waals surface area contributed by atoms with Crippen molar-refractivity contribution < 1.29 is 14.3 Å². The SMILES string of the molecule is CCN(CC)c1ccc(NC(=O)/C(C#N)=C\c2cc(I)c(OCc3ccccc3Cl)c(OC)c2)cc1. The van der Waals surface area contributed by atoms with Gasteiger partial charge in [-0.1, -0.05) is 29.8 Å². The van der Waals surface area contributed by atoms with Gasteiger partial charge in [-0.25, -0.2) is 0 Å². The Hall–Kier alpha value is -3.22. The molecule has 0 heterocycles. The van der Waals surface area contributed by atoms with Crippen LogP contribution in [0.3, 0.4) is 0 Å². The van der Waals surface area contributed by atoms with Crippen LogP contribution >= 0.6 is 34.2 Å². The van der Waals surface area contributed by atoms with E-state index in [1.807, 2.05) is 60.7 Å². The number of carbonyl (C=O) groups excluding carboxylic acids is 1. The maximum absolute atomic E-state index is 12.8. The Morgan fingerprint density at radius 2 is 1.83 bits per heavy atom. The standard InChI is InChI=1S/C28H27ClIN3O3/c1-4-33(5-2)23-12-10-22(11-13-23)32-28(34)21(17-31)14-19-15-25(30)27(26(16-19)35-3)36-18-20-8-6-7-9-24(20)29/h6-16H,4-5,18H2,1-3H3,(H,32,34)/b21-14-. The van der Waals surface area contributed by atoms with E-state index in [1.54, 1.807) is 13.2 Å². The molecule has 36 heavy (non-hydrogen) atoms. The zero-order chi connectivity index (χ0) is 26.1. The van der Waals surface area contributed by atoms with E-state index in [4.69, 9.17) is 21.1 Å². The average Bonchev–Trinajstić information content (AvgIpc) is 2.88. The summed E-state index contributed by atoms with van der Waals surface area (Å²) < 4.78 is 12.3. The quantitative estimate of drug-likeness (QED) is 0.152. The van der Waals surface area contributed by atoms with Crippen molar-refractivity contribution in [3.8, 4) is 17.6 Å². The smallest absolute Gasteiger partial charge is 0.266 e. The fourth-order valence-corrected chi connectivity index (χ4v) is 4.56. The van der Waals surface area contributed by atoms with Crippen LogP contribution in [0, 0.1) is 14.9 Å². The van der Waals surface area contributed by atoms with E-state index in [0.29, 0.717) is 27.8 Å². The molecule has 0 atom stereocenters. The molecular weight excluding hydrogens is 589 g/mol. The molecule has 3 aromatic rings. The molecule has 0 aliphatic carbocycles. The molecular formula is C28H27ClIN3O3. The van der Waals surface area contributed by atoms with Gasteiger partial charge in [0.15, 0.2) is 11.5 Å². The Balaban J connectivity index is 1.77. The molecule has 0 fully saturated rings. The van der Waals surface area contributed by atoms with Crippen molar-refractivity contribution in [1.82, 2.24) is 0 Å². The van der Waals surface area contributed by atoms with Gasteiger partial charge in [-0.05, 0) is 90.5 Å². The third-order valence-corrected chi connectivity index (χ3v) is 6.68. The molecule has 0 aliphatic rings. The first kappa shape index (κ1) is 27.4. The van der Waals surface area contributed by atoms with Crippen molar-refractivity contribution in [1.29, 1.82) is 5.26 Å². The van der Waals surface area contributed by atoms with Crippen LogP contribution in [0.5, 0.6) is 11.5 Å². The summed E-state index contributed by atoms with van der Waals surface area (Å²) >= 11 is 8.37. The Kier molecular flexibility index (Phi) is 10.0. The Labute approximate surface area is 230 Å². The lowest BCUT2D eigenvalue weighted by molar-refractivity contribution is -0.112. The van der Waals surface area contributed by atoms with Crippen LogP contribution in [-0.2, 0) is 11.4 Å². The highest BCUT2D eigenvalue weighted by Gasteiger charge is 2.15. The second-order valence-electron chi connectivity index (χ2n) is 7.76. The van der Waals surface area contributed by atoms with Gasteiger partial charge in [0.05, 0.1) is 10.7 Å². The minimum Gasteiger partial charge on any atom is -0.493 e. The molecule has 1 N–H and O–H groups in total. The molecule has 0 saturated carbocycles. The zero-order valence-corrected chi connectivity index (χ0v) is 23.3. The summed E-state index contributed by atoms with van der Waals surface area (Å²) in [6.07, 6.45) is 1.53. The Bertz CT molecular complexity index is 1280. The van der Waals surface area contributed by atoms with E-state index in [1.165, 1.54) is 6.08 Å². The van der Waals surface area contributed by atoms with Crippen LogP contribution in [0.2, 0.25) is 5.02 Å². The fraction of sp³-hybridized carbons (Fsp3) is 0.214. The number of hydrogen-bond acceptors (Lipinski definition) is 5. The lowest BCUT2D eigenvalue weighted by atomic mass is 10.1. The van der Waals surface area contributed by atoms with Gasteiger partial charge in [-0.2, -0.15) is 5.26 Å². The first-order valence-electron chi connectivity index (χ1n) is 11.4. The number of hydrogen-bond donors (Lipinski definition) is 1. The molecule has 0 spiro atoms. The van der Waals surface area contributed by atoms with Gasteiger partial charge in [0, 0.05) is 35.1 Å². The molecule has 0 aromatic heterocycles. The molecule has 3 aromatic carbocycles. The van der Waals surface area contributed by atoms with E-state index < -0.39 is 5.91 Å². The van der Waals surface area contributed by atoms with Gasteiger partial charge in [0.25, 0.3) is 5.91 Å². The minimum atomic E-state index is -0.485. The predicted octanol–water partition coefficient (Wildman–Crippen LogP) is 6.92. The summed E-state index contributed by atoms with van der Waals surface area (Å²) in [6, 6.07) is 20.6. The summed E-state index contributed by atoms with van der Waals surface area (Å²) in [6.45, 7) is 6.26. The molecule has 0 bridgehead atoms. The molecule has 1 amide bonds. The second kappa shape index (κ2) is 13.2. The van der Waals surface area contributed by atoms with E-state index in [2.05, 4.69) is 46.7 Å². The van der Waals surface area contributed by atoms with Gasteiger partial charge in [-0.15, -0.1) is 0 Å². The van der Waals surface area contributed by atoms with Gasteiger partial charge in [0.1, 0.15) is 18.2 Å². The summed E-state index contributed by atoms with van der Waals surface area (Å²) in [5.74, 6) is 0.567. The summed E-state index contributed by atoms with van der Waals surface area (Å²) in [5, 5.41) is 13.1. The largest absolute Gasteiger partial charge is 0.493 e. The third-order valence-electron chi connectivity index (χ3n) is 5.51. The molecule has 8 heteroatoms. The van der Waals surface area contributed by atoms with Crippen molar-refractivity contribution in [3.63, 3.8) is 0 Å². The number of nitrogens with zero attached hydrogens (tertiary/aromatic N) is 2. The highest BCUT2D eigenvalue weighted by atomic mass is 127. The van der Waals surface area contributed by atoms with Gasteiger partial charge >= 0.3 is 0 Å². The summed E-state index contributed by atoms with van der Waals surface area (Å²) in [7, 11) is 1.54. The predicted molar refractivity (Wildman–Crippen MR) is 154 cm³/mol. The summed E-state index contributed by atoms with van der Waals surface area (Å²) in [5.41, 5.74) is 3.17. The third kappa shape index (κ3) is 6.93. The Morgan fingerprint density at radius 3 is 2.44 bits per heavy atom. The Morgan fingerprint density at radius 1 is 1.14 bits per heavy atom. The lowest BCUT2D eigenvalue weighted by Gasteiger charge is -2.21. The number of halogens is 2. The van der Waals surface area contributed by atoms with Crippen molar-refractivity contribution in [3.05, 3.63) is 86.0 Å². The van der Waals surface area contributed by atoms with Crippen LogP contribution in [0.1, 0.15) is 25.0 Å². The average molecular weight is 616 g/mol. The maximum Gasteiger partial charge on any atom is 0.266 e. The van der Waals surface area contributed by atoms with Crippen molar-refractivity contribution in [2.75, 3.05) is 30.4 Å². The topological polar surface area (TPSA) is 74.6 Å². The normalized spacial score (nSPS) is 10.9. The molecule has 186 valence electrons. The number of rotatable bonds is 10. The number of benzene rings is 3. The number of nitrogens with one attached hydrogen (secondary N) is 1. The van der Waals surface area contributed by atoms with Crippen LogP contribution in [-0.4, -0.2) is 26.1 Å². The van der Waals surface area contributed by atoms with Crippen LogP contribution in [0.25, 0.3) is 6.08 Å². The number of nitriles is 1. The van der Waals surface area contributed by atoms with Gasteiger partial charge in [0.2, 0.25) is 0 Å². The number of anilines is 2. The molecule has 0 saturated heterocycles. The van der Waals surface area contributed by atoms with Crippen molar-refractivity contribution in [2.24, 2.45) is 0 Å². The van der Waals surface area contributed by atoms with Crippen molar-refractivity contribution in [2.45, 2.75) is 20.5 Å². The van der Waals surface area contributed by atoms with Gasteiger partial charge in [-0.3, -0.25) is 4.79 Å². The van der Waals surface area contributed by atoms with Gasteiger partial charge < -0.3 is 19.7 Å². The zero-order valence-electron chi connectivity index (χ0n) is 20.3. The molecule has 0 radical (unpaired) electrons. The highest BCUT2D eigenvalue weighted by molar-refractivity contribution is 14.1. The van der Waals surface area contributed by atoms with Crippen LogP contribution in [0.4, 0.5) is 11.4 Å². The molecule has 0 unspecified atom stereocenters. The number of amides is 1. The molecule has 3 rings (SSSR count). The highest BCUT2D eigenvalue weighted by Crippen LogP contribution is 2.35. The number of carbonyl (C=O) groups is 1. The monoisotopic (exact) mass is 615 g/mol. The van der Waals surface area contributed by atoms with E-state index in [-0.39, 0.29) is 12.2 Å². The van der Waals surface area contributed by atoms with Crippen LogP contribution in [0.15, 0.2) is 66.2 Å². The summed E-state index contributed by atoms with van der Waals surface area (Å²) in [4.78, 5) is 15.0. The molecule has 0 aliphatic heterocycles. The molecule has 6 nitrogen and oxygen atoms in total. The van der Waals surface area contributed by atoms with E-state index in [9.17, 15) is 10.1 Å². The number of ether oxygens (including phenoxy) is 2. The fourth-order valence-electron chi connectivity index (χ4n) is 3.59.